The molecule has 2 nitrogen and oxygen atoms in total. The second-order valence-electron chi connectivity index (χ2n) is 3.52. The average molecular weight is 142 g/mol. The Morgan fingerprint density at radius 2 is 2.20 bits per heavy atom. The highest BCUT2D eigenvalue weighted by molar-refractivity contribution is 4.94. The smallest absolute Gasteiger partial charge is 0.0301 e. The molecule has 0 heterocycles. The third-order valence-electron chi connectivity index (χ3n) is 2.85. The van der Waals surface area contributed by atoms with Gasteiger partial charge in [0.1, 0.15) is 0 Å². The van der Waals surface area contributed by atoms with Gasteiger partial charge < -0.3 is 11.1 Å². The van der Waals surface area contributed by atoms with Crippen LogP contribution >= 0.6 is 0 Å². The predicted octanol–water partition coefficient (Wildman–Crippen LogP) is 0.866. The van der Waals surface area contributed by atoms with Crippen LogP contribution in [-0.4, -0.2) is 18.6 Å². The largest absolute Gasteiger partial charge is 0.326 e. The lowest BCUT2D eigenvalue weighted by Gasteiger charge is -2.39. The highest BCUT2D eigenvalue weighted by Gasteiger charge is 2.31. The zero-order chi connectivity index (χ0) is 7.61. The second-order valence-corrected chi connectivity index (χ2v) is 3.52. The lowest BCUT2D eigenvalue weighted by atomic mass is 9.79. The van der Waals surface area contributed by atoms with Crippen molar-refractivity contribution in [2.24, 2.45) is 5.73 Å². The molecule has 0 aliphatic heterocycles. The van der Waals surface area contributed by atoms with Crippen LogP contribution in [0.4, 0.5) is 0 Å². The molecule has 10 heavy (non-hydrogen) atoms. The maximum Gasteiger partial charge on any atom is 0.0301 e. The Hall–Kier alpha value is -0.0800. The molecule has 0 bridgehead atoms. The fourth-order valence-electron chi connectivity index (χ4n) is 1.67. The minimum Gasteiger partial charge on any atom is -0.326 e. The normalized spacial score (nSPS) is 41.7. The van der Waals surface area contributed by atoms with E-state index in [1.165, 1.54) is 25.7 Å². The quantitative estimate of drug-likeness (QED) is 0.570. The first-order chi connectivity index (χ1) is 4.69. The van der Waals surface area contributed by atoms with Gasteiger partial charge in [0.2, 0.25) is 0 Å². The molecule has 60 valence electrons. The summed E-state index contributed by atoms with van der Waals surface area (Å²) >= 11 is 0. The lowest BCUT2D eigenvalue weighted by molar-refractivity contribution is 0.231. The van der Waals surface area contributed by atoms with Crippen molar-refractivity contribution in [1.82, 2.24) is 5.32 Å². The van der Waals surface area contributed by atoms with E-state index in [2.05, 4.69) is 12.2 Å². The van der Waals surface area contributed by atoms with Crippen LogP contribution in [0.1, 0.15) is 32.6 Å². The van der Waals surface area contributed by atoms with Gasteiger partial charge in [0.05, 0.1) is 0 Å². The Labute approximate surface area is 63.2 Å². The van der Waals surface area contributed by atoms with E-state index in [0.29, 0.717) is 6.04 Å². The minimum atomic E-state index is 0.207. The van der Waals surface area contributed by atoms with Gasteiger partial charge in [-0.3, -0.25) is 0 Å². The van der Waals surface area contributed by atoms with Gasteiger partial charge in [-0.2, -0.15) is 0 Å². The Bertz CT molecular complexity index is 114. The molecule has 3 N–H and O–H groups in total. The molecule has 0 radical (unpaired) electrons. The first-order valence-electron chi connectivity index (χ1n) is 4.13. The zero-order valence-electron chi connectivity index (χ0n) is 6.98. The highest BCUT2D eigenvalue weighted by atomic mass is 15.0. The lowest BCUT2D eigenvalue weighted by Crippen LogP contribution is -2.56. The van der Waals surface area contributed by atoms with E-state index in [4.69, 9.17) is 5.73 Å². The maximum absolute atomic E-state index is 5.96. The van der Waals surface area contributed by atoms with Gasteiger partial charge in [0.15, 0.2) is 0 Å². The summed E-state index contributed by atoms with van der Waals surface area (Å²) < 4.78 is 0. The summed E-state index contributed by atoms with van der Waals surface area (Å²) in [7, 11) is 2.01. The van der Waals surface area contributed by atoms with Gasteiger partial charge in [0.25, 0.3) is 0 Å². The van der Waals surface area contributed by atoms with Crippen molar-refractivity contribution in [3.8, 4) is 0 Å². The van der Waals surface area contributed by atoms with Crippen LogP contribution in [0.2, 0.25) is 0 Å². The maximum atomic E-state index is 5.96. The summed E-state index contributed by atoms with van der Waals surface area (Å²) in [5, 5.41) is 3.31. The molecule has 0 aromatic carbocycles. The van der Waals surface area contributed by atoms with Crippen LogP contribution in [0.15, 0.2) is 0 Å². The van der Waals surface area contributed by atoms with Crippen molar-refractivity contribution in [2.75, 3.05) is 7.05 Å². The fourth-order valence-corrected chi connectivity index (χ4v) is 1.67. The Kier molecular flexibility index (Phi) is 2.32. The topological polar surface area (TPSA) is 38.0 Å². The number of nitrogens with one attached hydrogen (secondary N) is 1. The van der Waals surface area contributed by atoms with Gasteiger partial charge >= 0.3 is 0 Å². The van der Waals surface area contributed by atoms with Crippen molar-refractivity contribution in [3.05, 3.63) is 0 Å². The molecular formula is C8H18N2. The van der Waals surface area contributed by atoms with Crippen molar-refractivity contribution in [1.29, 1.82) is 0 Å². The fraction of sp³-hybridized carbons (Fsp3) is 1.00. The molecule has 1 rings (SSSR count). The molecule has 2 heteroatoms. The van der Waals surface area contributed by atoms with Crippen molar-refractivity contribution in [3.63, 3.8) is 0 Å². The van der Waals surface area contributed by atoms with Gasteiger partial charge in [0, 0.05) is 11.6 Å². The van der Waals surface area contributed by atoms with E-state index in [1.807, 2.05) is 7.05 Å². The van der Waals surface area contributed by atoms with Crippen LogP contribution in [0.3, 0.4) is 0 Å². The van der Waals surface area contributed by atoms with Gasteiger partial charge in [-0.05, 0) is 26.8 Å². The third kappa shape index (κ3) is 1.32. The van der Waals surface area contributed by atoms with E-state index >= 15 is 0 Å². The summed E-state index contributed by atoms with van der Waals surface area (Å²) in [5.74, 6) is 0. The van der Waals surface area contributed by atoms with E-state index in [1.54, 1.807) is 0 Å². The summed E-state index contributed by atoms with van der Waals surface area (Å²) in [6.07, 6.45) is 5.03. The van der Waals surface area contributed by atoms with Gasteiger partial charge in [-0.25, -0.2) is 0 Å². The first-order valence-corrected chi connectivity index (χ1v) is 4.13. The minimum absolute atomic E-state index is 0.207. The Balaban J connectivity index is 2.54. The molecule has 0 aromatic heterocycles. The molecule has 0 amide bonds. The van der Waals surface area contributed by atoms with Crippen molar-refractivity contribution in [2.45, 2.75) is 44.2 Å². The Morgan fingerprint density at radius 1 is 1.50 bits per heavy atom. The number of nitrogens with two attached hydrogens (primary N) is 1. The van der Waals surface area contributed by atoms with E-state index in [-0.39, 0.29) is 5.54 Å². The number of hydrogen-bond acceptors (Lipinski definition) is 2. The van der Waals surface area contributed by atoms with E-state index in [0.717, 1.165) is 0 Å². The summed E-state index contributed by atoms with van der Waals surface area (Å²) in [6, 6.07) is 0.353. The average Bonchev–Trinajstić information content (AvgIpc) is 1.96. The predicted molar refractivity (Wildman–Crippen MR) is 43.9 cm³/mol. The molecule has 1 aliphatic rings. The molecule has 1 saturated carbocycles. The van der Waals surface area contributed by atoms with Gasteiger partial charge in [-0.1, -0.05) is 12.8 Å². The van der Waals surface area contributed by atoms with Crippen LogP contribution in [0, 0.1) is 0 Å². The monoisotopic (exact) mass is 142 g/mol. The molecule has 2 unspecified atom stereocenters. The van der Waals surface area contributed by atoms with Crippen LogP contribution < -0.4 is 11.1 Å². The van der Waals surface area contributed by atoms with Crippen molar-refractivity contribution < 1.29 is 0 Å². The second kappa shape index (κ2) is 2.89. The summed E-state index contributed by atoms with van der Waals surface area (Å²) in [6.45, 7) is 2.22. The highest BCUT2D eigenvalue weighted by Crippen LogP contribution is 2.25. The molecule has 1 fully saturated rings. The third-order valence-corrected chi connectivity index (χ3v) is 2.85. The van der Waals surface area contributed by atoms with Crippen LogP contribution in [-0.2, 0) is 0 Å². The summed E-state index contributed by atoms with van der Waals surface area (Å²) in [4.78, 5) is 0. The molecule has 2 atom stereocenters. The molecule has 1 aliphatic carbocycles. The Morgan fingerprint density at radius 3 is 2.60 bits per heavy atom. The molecule has 0 spiro atoms. The number of rotatable bonds is 1. The SMILES string of the molecule is CNC1(C)CCCCC1N. The van der Waals surface area contributed by atoms with E-state index in [9.17, 15) is 0 Å². The standard InChI is InChI=1S/C8H18N2/c1-8(10-2)6-4-3-5-7(8)9/h7,10H,3-6,9H2,1-2H3. The molecular weight excluding hydrogens is 124 g/mol. The molecule has 0 aromatic rings. The summed E-state index contributed by atoms with van der Waals surface area (Å²) in [5.41, 5.74) is 6.17. The van der Waals surface area contributed by atoms with Crippen LogP contribution in [0.25, 0.3) is 0 Å². The number of hydrogen-bond donors (Lipinski definition) is 2. The molecule has 0 saturated heterocycles. The van der Waals surface area contributed by atoms with Crippen molar-refractivity contribution >= 4 is 0 Å². The van der Waals surface area contributed by atoms with Gasteiger partial charge in [-0.15, -0.1) is 0 Å². The first kappa shape index (κ1) is 8.02. The number of likely N-dealkylation sites (N-methyl/N-ethyl adjacent to an activating group) is 1. The van der Waals surface area contributed by atoms with Crippen LogP contribution in [0.5, 0.6) is 0 Å². The zero-order valence-corrected chi connectivity index (χ0v) is 6.98. The van der Waals surface area contributed by atoms with E-state index < -0.39 is 0 Å².